The number of hydrogen-bond donors (Lipinski definition) is 1. The van der Waals surface area contributed by atoms with E-state index in [1.165, 1.54) is 6.20 Å². The van der Waals surface area contributed by atoms with Gasteiger partial charge in [0, 0.05) is 12.2 Å². The van der Waals surface area contributed by atoms with Crippen LogP contribution >= 0.6 is 11.6 Å². The molecule has 144 valence electrons. The number of halogens is 1. The molecule has 1 aromatic rings. The molecule has 0 spiro atoms. The lowest BCUT2D eigenvalue weighted by atomic mass is 9.89. The van der Waals surface area contributed by atoms with E-state index in [0.717, 1.165) is 25.7 Å². The first kappa shape index (κ1) is 20.4. The number of carbonyl (C=O) groups excluding carboxylic acids is 1. The van der Waals surface area contributed by atoms with E-state index in [1.54, 1.807) is 11.9 Å². The molecule has 0 amide bonds. The van der Waals surface area contributed by atoms with E-state index in [0.29, 0.717) is 5.82 Å². The van der Waals surface area contributed by atoms with Crippen molar-refractivity contribution in [3.63, 3.8) is 0 Å². The number of ether oxygens (including phenoxy) is 1. The Labute approximate surface area is 158 Å². The number of hydrogen-bond acceptors (Lipinski definition) is 7. The van der Waals surface area contributed by atoms with Gasteiger partial charge in [0.2, 0.25) is 5.28 Å². The predicted molar refractivity (Wildman–Crippen MR) is 100 cm³/mol. The van der Waals surface area contributed by atoms with Crippen molar-refractivity contribution >= 4 is 23.4 Å². The van der Waals surface area contributed by atoms with Gasteiger partial charge in [0.25, 0.3) is 0 Å². The summed E-state index contributed by atoms with van der Waals surface area (Å²) >= 11 is 5.88. The van der Waals surface area contributed by atoms with Gasteiger partial charge in [-0.05, 0) is 65.0 Å². The zero-order chi connectivity index (χ0) is 19.3. The van der Waals surface area contributed by atoms with Crippen LogP contribution in [-0.4, -0.2) is 45.2 Å². The van der Waals surface area contributed by atoms with Crippen molar-refractivity contribution in [2.45, 2.75) is 71.0 Å². The van der Waals surface area contributed by atoms with Crippen molar-refractivity contribution in [2.24, 2.45) is 5.29 Å². The van der Waals surface area contributed by atoms with E-state index in [2.05, 4.69) is 20.6 Å². The normalized spacial score (nSPS) is 20.3. The van der Waals surface area contributed by atoms with Gasteiger partial charge in [-0.1, -0.05) is 0 Å². The molecule has 9 heteroatoms. The first-order chi connectivity index (χ1) is 12.3. The molecule has 1 aliphatic carbocycles. The number of carbonyl (C=O) groups is 1. The molecule has 0 bridgehead atoms. The molecule has 1 N–H and O–H groups in total. The Morgan fingerprint density at radius 1 is 1.38 bits per heavy atom. The lowest BCUT2D eigenvalue weighted by molar-refractivity contribution is 0.0525. The van der Waals surface area contributed by atoms with Gasteiger partial charge in [-0.3, -0.25) is 5.01 Å². The van der Waals surface area contributed by atoms with Crippen LogP contribution in [0.25, 0.3) is 0 Å². The lowest BCUT2D eigenvalue weighted by Crippen LogP contribution is -2.46. The fourth-order valence-corrected chi connectivity index (χ4v) is 3.36. The molecule has 1 aromatic heterocycles. The Balaban J connectivity index is 2.04. The SMILES string of the molecule is CCOC(=O)c1cnc(Cl)nc1NC1CCC(N(N=O)C(C)(C)C)CC1. The summed E-state index contributed by atoms with van der Waals surface area (Å²) in [4.78, 5) is 31.3. The summed E-state index contributed by atoms with van der Waals surface area (Å²) < 4.78 is 5.04. The molecule has 2 rings (SSSR count). The first-order valence-electron chi connectivity index (χ1n) is 8.85. The van der Waals surface area contributed by atoms with Crippen LogP contribution in [-0.2, 0) is 4.74 Å². The van der Waals surface area contributed by atoms with E-state index >= 15 is 0 Å². The third-order valence-electron chi connectivity index (χ3n) is 4.41. The molecular formula is C17H26ClN5O3. The minimum absolute atomic E-state index is 0.0679. The van der Waals surface area contributed by atoms with Crippen LogP contribution in [0, 0.1) is 4.91 Å². The fraction of sp³-hybridized carbons (Fsp3) is 0.706. The number of anilines is 1. The number of nitrogens with zero attached hydrogens (tertiary/aromatic N) is 4. The number of esters is 1. The highest BCUT2D eigenvalue weighted by Crippen LogP contribution is 2.30. The average molecular weight is 384 g/mol. The molecule has 1 saturated carbocycles. The zero-order valence-electron chi connectivity index (χ0n) is 15.7. The summed E-state index contributed by atoms with van der Waals surface area (Å²) in [5.74, 6) is -0.0995. The maximum Gasteiger partial charge on any atom is 0.343 e. The monoisotopic (exact) mass is 383 g/mol. The Morgan fingerprint density at radius 2 is 2.04 bits per heavy atom. The summed E-state index contributed by atoms with van der Waals surface area (Å²) in [5, 5.41) is 8.22. The number of rotatable bonds is 6. The van der Waals surface area contributed by atoms with Gasteiger partial charge in [-0.25, -0.2) is 9.78 Å². The van der Waals surface area contributed by atoms with Crippen molar-refractivity contribution in [1.82, 2.24) is 15.0 Å². The second-order valence-electron chi connectivity index (χ2n) is 7.37. The molecule has 1 heterocycles. The van der Waals surface area contributed by atoms with E-state index in [-0.39, 0.29) is 35.1 Å². The largest absolute Gasteiger partial charge is 0.462 e. The van der Waals surface area contributed by atoms with Crippen molar-refractivity contribution in [2.75, 3.05) is 11.9 Å². The number of nitrogens with one attached hydrogen (secondary N) is 1. The van der Waals surface area contributed by atoms with Crippen LogP contribution in [0.4, 0.5) is 5.82 Å². The van der Waals surface area contributed by atoms with Gasteiger partial charge < -0.3 is 10.1 Å². The van der Waals surface area contributed by atoms with Gasteiger partial charge in [0.1, 0.15) is 11.4 Å². The molecule has 0 radical (unpaired) electrons. The third-order valence-corrected chi connectivity index (χ3v) is 4.60. The first-order valence-corrected chi connectivity index (χ1v) is 9.22. The van der Waals surface area contributed by atoms with Crippen molar-refractivity contribution in [3.05, 3.63) is 22.0 Å². The number of aromatic nitrogens is 2. The summed E-state index contributed by atoms with van der Waals surface area (Å²) in [7, 11) is 0. The van der Waals surface area contributed by atoms with E-state index in [4.69, 9.17) is 16.3 Å². The molecule has 0 aliphatic heterocycles. The van der Waals surface area contributed by atoms with E-state index in [9.17, 15) is 9.70 Å². The van der Waals surface area contributed by atoms with Gasteiger partial charge in [-0.15, -0.1) is 4.91 Å². The van der Waals surface area contributed by atoms with Gasteiger partial charge in [0.15, 0.2) is 0 Å². The molecule has 26 heavy (non-hydrogen) atoms. The van der Waals surface area contributed by atoms with Gasteiger partial charge in [-0.2, -0.15) is 4.98 Å². The predicted octanol–water partition coefficient (Wildman–Crippen LogP) is 3.81. The standard InChI is InChI=1S/C17H26ClN5O3/c1-5-26-15(24)13-10-19-16(18)21-14(13)20-11-6-8-12(9-7-11)23(22-25)17(2,3)4/h10-12H,5-9H2,1-4H3,(H,19,20,21). The van der Waals surface area contributed by atoms with Gasteiger partial charge >= 0.3 is 5.97 Å². The highest BCUT2D eigenvalue weighted by Gasteiger charge is 2.33. The summed E-state index contributed by atoms with van der Waals surface area (Å²) in [6, 6.07) is 0.239. The van der Waals surface area contributed by atoms with Crippen LogP contribution < -0.4 is 5.32 Å². The molecule has 0 atom stereocenters. The fourth-order valence-electron chi connectivity index (χ4n) is 3.22. The molecule has 0 saturated heterocycles. The van der Waals surface area contributed by atoms with Crippen molar-refractivity contribution in [1.29, 1.82) is 0 Å². The quantitative estimate of drug-likeness (QED) is 0.345. The zero-order valence-corrected chi connectivity index (χ0v) is 16.4. The second kappa shape index (κ2) is 8.62. The second-order valence-corrected chi connectivity index (χ2v) is 7.71. The molecule has 8 nitrogen and oxygen atoms in total. The molecule has 0 aromatic carbocycles. The molecule has 0 unspecified atom stereocenters. The van der Waals surface area contributed by atoms with Gasteiger partial charge in [0.05, 0.1) is 23.5 Å². The maximum absolute atomic E-state index is 12.1. The maximum atomic E-state index is 12.1. The topological polar surface area (TPSA) is 96.8 Å². The third kappa shape index (κ3) is 5.03. The van der Waals surface area contributed by atoms with Crippen LogP contribution in [0.15, 0.2) is 11.5 Å². The molecule has 1 fully saturated rings. The highest BCUT2D eigenvalue weighted by atomic mass is 35.5. The minimum Gasteiger partial charge on any atom is -0.462 e. The van der Waals surface area contributed by atoms with E-state index in [1.807, 2.05) is 20.8 Å². The summed E-state index contributed by atoms with van der Waals surface area (Å²) in [6.07, 6.45) is 4.69. The smallest absolute Gasteiger partial charge is 0.343 e. The molecular weight excluding hydrogens is 358 g/mol. The van der Waals surface area contributed by atoms with Crippen LogP contribution in [0.1, 0.15) is 63.7 Å². The summed E-state index contributed by atoms with van der Waals surface area (Å²) in [5.41, 5.74) is -0.0338. The molecule has 1 aliphatic rings. The van der Waals surface area contributed by atoms with Crippen LogP contribution in [0.5, 0.6) is 0 Å². The van der Waals surface area contributed by atoms with E-state index < -0.39 is 5.97 Å². The Bertz CT molecular complexity index is 642. The van der Waals surface area contributed by atoms with Crippen molar-refractivity contribution in [3.8, 4) is 0 Å². The van der Waals surface area contributed by atoms with Crippen LogP contribution in [0.2, 0.25) is 5.28 Å². The minimum atomic E-state index is -0.482. The lowest BCUT2D eigenvalue weighted by Gasteiger charge is -2.40. The Hall–Kier alpha value is -1.96. The Morgan fingerprint density at radius 3 is 2.58 bits per heavy atom. The average Bonchev–Trinajstić information content (AvgIpc) is 2.56. The highest BCUT2D eigenvalue weighted by molar-refractivity contribution is 6.28. The van der Waals surface area contributed by atoms with Crippen LogP contribution in [0.3, 0.4) is 0 Å². The Kier molecular flexibility index (Phi) is 6.75. The van der Waals surface area contributed by atoms with Crippen molar-refractivity contribution < 1.29 is 9.53 Å². The summed E-state index contributed by atoms with van der Waals surface area (Å²) in [6.45, 7) is 7.95. The number of nitroso groups, excluding NO2 is 1.